The number of nitrogens with two attached hydrogens (primary N) is 1. The van der Waals surface area contributed by atoms with E-state index in [-0.39, 0.29) is 6.04 Å². The van der Waals surface area contributed by atoms with Crippen molar-refractivity contribution in [1.82, 2.24) is 20.4 Å². The molecule has 6 nitrogen and oxygen atoms in total. The molecule has 2 aromatic carbocycles. The molecule has 32 heavy (non-hydrogen) atoms. The Morgan fingerprint density at radius 1 is 1.16 bits per heavy atom. The van der Waals surface area contributed by atoms with Crippen LogP contribution in [0.5, 0.6) is 0 Å². The van der Waals surface area contributed by atoms with Gasteiger partial charge in [0.25, 0.3) is 0 Å². The van der Waals surface area contributed by atoms with Crippen LogP contribution in [0.4, 0.5) is 18.9 Å². The van der Waals surface area contributed by atoms with Crippen LogP contribution >= 0.6 is 11.8 Å². The van der Waals surface area contributed by atoms with Gasteiger partial charge in [0.15, 0.2) is 5.69 Å². The molecule has 0 amide bonds. The largest absolute Gasteiger partial charge is 0.435 e. The van der Waals surface area contributed by atoms with Gasteiger partial charge in [-0.15, -0.1) is 11.8 Å². The summed E-state index contributed by atoms with van der Waals surface area (Å²) in [5.74, 6) is 0. The highest BCUT2D eigenvalue weighted by Crippen LogP contribution is 2.46. The number of fused-ring (bicyclic) bond motifs is 1. The first-order valence-electron chi connectivity index (χ1n) is 9.87. The first-order chi connectivity index (χ1) is 15.3. The van der Waals surface area contributed by atoms with Crippen LogP contribution in [0.25, 0.3) is 22.0 Å². The number of halogens is 3. The minimum atomic E-state index is -4.50. The van der Waals surface area contributed by atoms with Gasteiger partial charge in [-0.25, -0.2) is 0 Å². The standard InChI is InChI=1S/C22H19F3N6S/c1-12(26)13-3-2-4-14(7-13)16-8-15-11-27-28-17(15)9-19(16)31-5-6-32-21(31)18-10-20(30-29-18)22(23,24)25/h2-12,21H,26H2,1H3,(H,27,28)(H,29,30)/t12?,21-/m0/s1. The van der Waals surface area contributed by atoms with Crippen molar-refractivity contribution < 1.29 is 13.2 Å². The highest BCUT2D eigenvalue weighted by Gasteiger charge is 2.36. The number of anilines is 1. The van der Waals surface area contributed by atoms with Crippen LogP contribution in [-0.2, 0) is 6.18 Å². The highest BCUT2D eigenvalue weighted by molar-refractivity contribution is 8.02. The number of nitrogens with zero attached hydrogens (tertiary/aromatic N) is 3. The van der Waals surface area contributed by atoms with E-state index < -0.39 is 17.2 Å². The molecule has 1 unspecified atom stereocenters. The highest BCUT2D eigenvalue weighted by atomic mass is 32.2. The summed E-state index contributed by atoms with van der Waals surface area (Å²) in [7, 11) is 0. The molecule has 1 aliphatic rings. The van der Waals surface area contributed by atoms with Gasteiger partial charge in [0, 0.05) is 23.2 Å². The van der Waals surface area contributed by atoms with Crippen LogP contribution in [0.3, 0.4) is 0 Å². The van der Waals surface area contributed by atoms with Crippen LogP contribution in [0.2, 0.25) is 0 Å². The van der Waals surface area contributed by atoms with Crippen molar-refractivity contribution in [3.8, 4) is 11.1 Å². The molecule has 0 fully saturated rings. The molecule has 4 aromatic rings. The van der Waals surface area contributed by atoms with Gasteiger partial charge in [-0.05, 0) is 47.7 Å². The summed E-state index contributed by atoms with van der Waals surface area (Å²) in [6, 6.07) is 12.9. The van der Waals surface area contributed by atoms with Crippen LogP contribution in [0.1, 0.15) is 35.3 Å². The number of thioether (sulfide) groups is 1. The first kappa shape index (κ1) is 20.7. The lowest BCUT2D eigenvalue weighted by Crippen LogP contribution is -2.18. The van der Waals surface area contributed by atoms with Crippen molar-refractivity contribution in [3.05, 3.63) is 77.2 Å². The summed E-state index contributed by atoms with van der Waals surface area (Å²) < 4.78 is 39.3. The van der Waals surface area contributed by atoms with Crippen LogP contribution in [-0.4, -0.2) is 20.4 Å². The summed E-state index contributed by atoms with van der Waals surface area (Å²) >= 11 is 1.40. The number of H-pyrrole nitrogens is 2. The summed E-state index contributed by atoms with van der Waals surface area (Å²) in [5.41, 5.74) is 10.1. The Morgan fingerprint density at radius 2 is 2.00 bits per heavy atom. The maximum atomic E-state index is 13.1. The third kappa shape index (κ3) is 3.65. The van der Waals surface area contributed by atoms with E-state index in [1.807, 2.05) is 59.8 Å². The fourth-order valence-corrected chi connectivity index (χ4v) is 4.70. The Labute approximate surface area is 185 Å². The van der Waals surface area contributed by atoms with Gasteiger partial charge in [-0.3, -0.25) is 10.2 Å². The molecule has 0 bridgehead atoms. The predicted octanol–water partition coefficient (Wildman–Crippen LogP) is 5.71. The van der Waals surface area contributed by atoms with Gasteiger partial charge in [0.05, 0.1) is 23.1 Å². The van der Waals surface area contributed by atoms with Crippen LogP contribution in [0.15, 0.2) is 60.3 Å². The normalized spacial score (nSPS) is 17.4. The lowest BCUT2D eigenvalue weighted by molar-refractivity contribution is -0.141. The predicted molar refractivity (Wildman–Crippen MR) is 120 cm³/mol. The van der Waals surface area contributed by atoms with Gasteiger partial charge in [0.1, 0.15) is 5.37 Å². The molecule has 164 valence electrons. The van der Waals surface area contributed by atoms with E-state index in [9.17, 15) is 13.2 Å². The second-order valence-corrected chi connectivity index (χ2v) is 8.62. The molecule has 0 radical (unpaired) electrons. The molecule has 2 atom stereocenters. The average Bonchev–Trinajstić information content (AvgIpc) is 3.51. The molecular weight excluding hydrogens is 437 g/mol. The lowest BCUT2D eigenvalue weighted by atomic mass is 9.97. The number of rotatable bonds is 4. The fraction of sp³-hybridized carbons (Fsp3) is 0.182. The second kappa shape index (κ2) is 7.72. The van der Waals surface area contributed by atoms with Gasteiger partial charge in [-0.2, -0.15) is 23.4 Å². The van der Waals surface area contributed by atoms with Crippen LogP contribution < -0.4 is 10.6 Å². The van der Waals surface area contributed by atoms with Crippen molar-refractivity contribution in [2.75, 3.05) is 4.90 Å². The molecule has 2 aromatic heterocycles. The van der Waals surface area contributed by atoms with E-state index in [4.69, 9.17) is 5.73 Å². The number of hydrogen-bond donors (Lipinski definition) is 3. The van der Waals surface area contributed by atoms with E-state index >= 15 is 0 Å². The average molecular weight is 456 g/mol. The number of nitrogens with one attached hydrogen (secondary N) is 2. The second-order valence-electron chi connectivity index (χ2n) is 7.63. The minimum Gasteiger partial charge on any atom is -0.328 e. The summed E-state index contributed by atoms with van der Waals surface area (Å²) in [6.07, 6.45) is -0.899. The Bertz CT molecular complexity index is 1310. The topological polar surface area (TPSA) is 86.6 Å². The molecule has 10 heteroatoms. The molecule has 4 N–H and O–H groups in total. The smallest absolute Gasteiger partial charge is 0.328 e. The summed E-state index contributed by atoms with van der Waals surface area (Å²) in [4.78, 5) is 1.94. The molecule has 0 saturated carbocycles. The van der Waals surface area contributed by atoms with E-state index in [2.05, 4.69) is 20.4 Å². The van der Waals surface area contributed by atoms with Gasteiger partial charge in [-0.1, -0.05) is 18.2 Å². The summed E-state index contributed by atoms with van der Waals surface area (Å²) in [6.45, 7) is 1.92. The maximum Gasteiger partial charge on any atom is 0.435 e. The minimum absolute atomic E-state index is 0.128. The molecule has 0 saturated heterocycles. The third-order valence-corrected chi connectivity index (χ3v) is 6.41. The Balaban J connectivity index is 1.63. The molecule has 0 aliphatic carbocycles. The Hall–Kier alpha value is -3.24. The first-order valence-corrected chi connectivity index (χ1v) is 10.8. The number of alkyl halides is 3. The van der Waals surface area contributed by atoms with E-state index in [0.29, 0.717) is 5.69 Å². The number of hydrogen-bond acceptors (Lipinski definition) is 5. The SMILES string of the molecule is CC(N)c1cccc(-c2cc3cn[nH]c3cc2N2C=CS[C@H]2c2cc(C(F)(F)F)n[nH]2)c1. The van der Waals surface area contributed by atoms with Crippen molar-refractivity contribution >= 4 is 28.4 Å². The lowest BCUT2D eigenvalue weighted by Gasteiger charge is -2.26. The van der Waals surface area contributed by atoms with Crippen molar-refractivity contribution in [1.29, 1.82) is 0 Å². The fourth-order valence-electron chi connectivity index (χ4n) is 3.77. The zero-order valence-corrected chi connectivity index (χ0v) is 17.7. The number of aromatic amines is 2. The van der Waals surface area contributed by atoms with E-state index in [1.165, 1.54) is 11.8 Å². The summed E-state index contributed by atoms with van der Waals surface area (Å²) in [5, 5.41) is 15.5. The maximum absolute atomic E-state index is 13.1. The zero-order chi connectivity index (χ0) is 22.5. The number of aromatic nitrogens is 4. The third-order valence-electron chi connectivity index (χ3n) is 5.39. The monoisotopic (exact) mass is 456 g/mol. The molecule has 3 heterocycles. The van der Waals surface area contributed by atoms with Crippen LogP contribution in [0, 0.1) is 0 Å². The van der Waals surface area contributed by atoms with E-state index in [1.54, 1.807) is 6.20 Å². The van der Waals surface area contributed by atoms with Crippen molar-refractivity contribution in [2.45, 2.75) is 24.5 Å². The Morgan fingerprint density at radius 3 is 2.75 bits per heavy atom. The van der Waals surface area contributed by atoms with Crippen molar-refractivity contribution in [2.24, 2.45) is 5.73 Å². The van der Waals surface area contributed by atoms with Crippen molar-refractivity contribution in [3.63, 3.8) is 0 Å². The number of benzene rings is 2. The molecule has 5 rings (SSSR count). The molecule has 1 aliphatic heterocycles. The zero-order valence-electron chi connectivity index (χ0n) is 16.9. The molecule has 0 spiro atoms. The van der Waals surface area contributed by atoms with Gasteiger partial charge in [0.2, 0.25) is 0 Å². The quantitative estimate of drug-likeness (QED) is 0.366. The van der Waals surface area contributed by atoms with Gasteiger partial charge < -0.3 is 10.6 Å². The van der Waals surface area contributed by atoms with E-state index in [0.717, 1.165) is 39.3 Å². The molecular formula is C22H19F3N6S. The Kier molecular flexibility index (Phi) is 4.98. The van der Waals surface area contributed by atoms with Gasteiger partial charge >= 0.3 is 6.18 Å².